The summed E-state index contributed by atoms with van der Waals surface area (Å²) in [4.78, 5) is 14.1. The van der Waals surface area contributed by atoms with Crippen LogP contribution in [0.5, 0.6) is 0 Å². The summed E-state index contributed by atoms with van der Waals surface area (Å²) >= 11 is 1.94. The molecule has 0 spiro atoms. The number of hydrogen-bond donors (Lipinski definition) is 2. The molecule has 1 fully saturated rings. The lowest BCUT2D eigenvalue weighted by atomic mass is 9.86. The summed E-state index contributed by atoms with van der Waals surface area (Å²) in [6, 6.07) is 5.93. The molecule has 1 saturated heterocycles. The number of nitrogens with two attached hydrogens (primary N) is 1. The van der Waals surface area contributed by atoms with Gasteiger partial charge in [0, 0.05) is 27.2 Å². The van der Waals surface area contributed by atoms with E-state index in [-0.39, 0.29) is 36.2 Å². The van der Waals surface area contributed by atoms with Gasteiger partial charge in [-0.25, -0.2) is 13.2 Å². The third kappa shape index (κ3) is 3.83. The van der Waals surface area contributed by atoms with Crippen molar-refractivity contribution in [3.8, 4) is 0 Å². The maximum Gasteiger partial charge on any atom is 0.254 e. The van der Waals surface area contributed by atoms with Crippen LogP contribution in [0.25, 0.3) is 0 Å². The number of carbonyl (C=O) groups excluding carboxylic acids is 1. The number of hydrogen-bond acceptors (Lipinski definition) is 3. The molecule has 0 radical (unpaired) electrons. The van der Waals surface area contributed by atoms with E-state index in [0.717, 1.165) is 6.07 Å². The van der Waals surface area contributed by atoms with Crippen LogP contribution in [0.1, 0.15) is 28.4 Å². The van der Waals surface area contributed by atoms with Crippen LogP contribution in [0.15, 0.2) is 30.3 Å². The van der Waals surface area contributed by atoms with Crippen molar-refractivity contribution in [2.24, 2.45) is 5.73 Å². The highest BCUT2D eigenvalue weighted by Crippen LogP contribution is 2.29. The van der Waals surface area contributed by atoms with E-state index >= 15 is 0 Å². The number of likely N-dealkylation sites (tertiary alicyclic amines) is 1. The maximum absolute atomic E-state index is 14.4. The van der Waals surface area contributed by atoms with E-state index in [1.807, 2.05) is 22.6 Å². The van der Waals surface area contributed by atoms with Crippen LogP contribution < -0.4 is 5.73 Å². The predicted octanol–water partition coefficient (Wildman–Crippen LogP) is 2.83. The van der Waals surface area contributed by atoms with Gasteiger partial charge in [0.05, 0.1) is 13.1 Å². The Hall–Kier alpha value is -1.65. The fraction of sp³-hybridized carbons (Fsp3) is 0.316. The minimum atomic E-state index is -1.20. The highest BCUT2D eigenvalue weighted by atomic mass is 127. The van der Waals surface area contributed by atoms with Gasteiger partial charge < -0.3 is 15.7 Å². The van der Waals surface area contributed by atoms with E-state index in [1.165, 1.54) is 23.1 Å². The fourth-order valence-corrected chi connectivity index (χ4v) is 3.49. The third-order valence-electron chi connectivity index (χ3n) is 4.87. The first-order valence-corrected chi connectivity index (χ1v) is 9.38. The molecule has 0 unspecified atom stereocenters. The molecule has 8 heteroatoms. The quantitative estimate of drug-likeness (QED) is 0.649. The molecule has 1 atom stereocenters. The van der Waals surface area contributed by atoms with Crippen LogP contribution in [0.3, 0.4) is 0 Å². The Kier molecular flexibility index (Phi) is 5.51. The van der Waals surface area contributed by atoms with Crippen molar-refractivity contribution in [2.45, 2.75) is 25.0 Å². The Balaban J connectivity index is 1.93. The Morgan fingerprint density at radius 2 is 1.93 bits per heavy atom. The average Bonchev–Trinajstić information content (AvgIpc) is 2.57. The monoisotopic (exact) mass is 490 g/mol. The molecule has 0 aromatic heterocycles. The van der Waals surface area contributed by atoms with Gasteiger partial charge in [-0.3, -0.25) is 4.79 Å². The van der Waals surface area contributed by atoms with Gasteiger partial charge in [0.25, 0.3) is 5.91 Å². The number of carbonyl (C=O) groups is 1. The summed E-state index contributed by atoms with van der Waals surface area (Å²) in [5.74, 6) is -3.40. The lowest BCUT2D eigenvalue weighted by Gasteiger charge is -2.48. The SMILES string of the molecule is C[C@@H](N)C1(O)CN(C(=O)c2ccc(F)c(F)c2Cc2ccc(I)cc2F)C1. The molecule has 0 bridgehead atoms. The van der Waals surface area contributed by atoms with Crippen LogP contribution >= 0.6 is 22.6 Å². The molecule has 1 heterocycles. The first-order chi connectivity index (χ1) is 12.6. The largest absolute Gasteiger partial charge is 0.385 e. The number of nitrogens with zero attached hydrogens (tertiary/aromatic N) is 1. The maximum atomic E-state index is 14.4. The second-order valence-corrected chi connectivity index (χ2v) is 8.10. The van der Waals surface area contributed by atoms with E-state index < -0.39 is 35.0 Å². The second-order valence-electron chi connectivity index (χ2n) is 6.85. The molecule has 0 aliphatic carbocycles. The molecule has 0 saturated carbocycles. The van der Waals surface area contributed by atoms with Crippen molar-refractivity contribution < 1.29 is 23.1 Å². The molecule has 4 nitrogen and oxygen atoms in total. The van der Waals surface area contributed by atoms with Crippen molar-refractivity contribution in [1.82, 2.24) is 4.90 Å². The third-order valence-corrected chi connectivity index (χ3v) is 5.54. The van der Waals surface area contributed by atoms with Crippen molar-refractivity contribution >= 4 is 28.5 Å². The number of halogens is 4. The summed E-state index contributed by atoms with van der Waals surface area (Å²) in [5.41, 5.74) is 4.39. The minimum absolute atomic E-state index is 0.000170. The highest BCUT2D eigenvalue weighted by molar-refractivity contribution is 14.1. The average molecular weight is 490 g/mol. The molecule has 27 heavy (non-hydrogen) atoms. The topological polar surface area (TPSA) is 66.6 Å². The van der Waals surface area contributed by atoms with Crippen molar-refractivity contribution in [2.75, 3.05) is 13.1 Å². The second kappa shape index (κ2) is 7.40. The Bertz CT molecular complexity index is 899. The summed E-state index contributed by atoms with van der Waals surface area (Å²) in [7, 11) is 0. The standard InChI is InChI=1S/C19H18F3IN2O2/c1-10(24)19(27)8-25(9-19)18(26)13-4-5-15(20)17(22)14(13)6-11-2-3-12(23)7-16(11)21/h2-5,7,10,27H,6,8-9,24H2,1H3/t10-/m1/s1. The lowest BCUT2D eigenvalue weighted by Crippen LogP contribution is -2.70. The Labute approximate surface area is 168 Å². The lowest BCUT2D eigenvalue weighted by molar-refractivity contribution is -0.0931. The molecular weight excluding hydrogens is 472 g/mol. The van der Waals surface area contributed by atoms with Gasteiger partial charge in [0.15, 0.2) is 11.6 Å². The summed E-state index contributed by atoms with van der Waals surface area (Å²) < 4.78 is 43.0. The molecule has 144 valence electrons. The molecule has 2 aromatic rings. The molecule has 1 amide bonds. The van der Waals surface area contributed by atoms with Crippen LogP contribution in [-0.4, -0.2) is 40.6 Å². The van der Waals surface area contributed by atoms with E-state index in [0.29, 0.717) is 3.57 Å². The number of aliphatic hydroxyl groups is 1. The number of β-amino-alcohol motifs (C(OH)–C–C–N with tert-alkyl or cyclic N) is 1. The first-order valence-electron chi connectivity index (χ1n) is 8.30. The molecular formula is C19H18F3IN2O2. The van der Waals surface area contributed by atoms with Gasteiger partial charge in [-0.2, -0.15) is 0 Å². The molecule has 3 rings (SSSR count). The van der Waals surface area contributed by atoms with Gasteiger partial charge in [0.1, 0.15) is 11.4 Å². The van der Waals surface area contributed by atoms with Crippen LogP contribution in [0.4, 0.5) is 13.2 Å². The molecule has 1 aliphatic rings. The predicted molar refractivity (Wildman–Crippen MR) is 103 cm³/mol. The smallest absolute Gasteiger partial charge is 0.254 e. The van der Waals surface area contributed by atoms with E-state index in [1.54, 1.807) is 13.0 Å². The summed E-state index contributed by atoms with van der Waals surface area (Å²) in [6.07, 6.45) is -0.265. The molecule has 3 N–H and O–H groups in total. The summed E-state index contributed by atoms with van der Waals surface area (Å²) in [5, 5.41) is 10.2. The first kappa shape index (κ1) is 20.1. The fourth-order valence-electron chi connectivity index (χ4n) is 3.04. The zero-order chi connectivity index (χ0) is 19.9. The van der Waals surface area contributed by atoms with E-state index in [2.05, 4.69) is 0 Å². The Morgan fingerprint density at radius 3 is 2.52 bits per heavy atom. The van der Waals surface area contributed by atoms with Crippen LogP contribution in [-0.2, 0) is 6.42 Å². The van der Waals surface area contributed by atoms with E-state index in [9.17, 15) is 23.1 Å². The van der Waals surface area contributed by atoms with Gasteiger partial charge >= 0.3 is 0 Å². The van der Waals surface area contributed by atoms with Gasteiger partial charge in [-0.1, -0.05) is 6.07 Å². The minimum Gasteiger partial charge on any atom is -0.385 e. The molecule has 2 aromatic carbocycles. The van der Waals surface area contributed by atoms with Crippen molar-refractivity contribution in [3.05, 3.63) is 68.0 Å². The van der Waals surface area contributed by atoms with Crippen molar-refractivity contribution in [1.29, 1.82) is 0 Å². The number of amides is 1. The van der Waals surface area contributed by atoms with E-state index in [4.69, 9.17) is 5.73 Å². The number of benzene rings is 2. The summed E-state index contributed by atoms with van der Waals surface area (Å²) in [6.45, 7) is 1.63. The number of rotatable bonds is 4. The Morgan fingerprint density at radius 1 is 1.26 bits per heavy atom. The van der Waals surface area contributed by atoms with Gasteiger partial charge in [0.2, 0.25) is 0 Å². The van der Waals surface area contributed by atoms with Crippen LogP contribution in [0.2, 0.25) is 0 Å². The highest BCUT2D eigenvalue weighted by Gasteiger charge is 2.46. The zero-order valence-corrected chi connectivity index (χ0v) is 16.6. The molecule has 1 aliphatic heterocycles. The van der Waals surface area contributed by atoms with Crippen molar-refractivity contribution in [3.63, 3.8) is 0 Å². The van der Waals surface area contributed by atoms with Gasteiger partial charge in [-0.15, -0.1) is 0 Å². The normalized spacial score (nSPS) is 16.8. The van der Waals surface area contributed by atoms with Gasteiger partial charge in [-0.05, 0) is 59.3 Å². The zero-order valence-electron chi connectivity index (χ0n) is 14.5. The van der Waals surface area contributed by atoms with Crippen LogP contribution in [0, 0.1) is 21.0 Å².